The Balaban J connectivity index is 1.39. The monoisotopic (exact) mass is 333 g/mol. The van der Waals surface area contributed by atoms with Gasteiger partial charge in [0.1, 0.15) is 12.1 Å². The van der Waals surface area contributed by atoms with E-state index in [4.69, 9.17) is 16.3 Å². The van der Waals surface area contributed by atoms with E-state index in [1.807, 2.05) is 30.3 Å². The number of rotatable bonds is 7. The summed E-state index contributed by atoms with van der Waals surface area (Å²) in [6.07, 6.45) is 2.98. The number of nitrogens with zero attached hydrogens (tertiary/aromatic N) is 2. The molecule has 1 saturated carbocycles. The van der Waals surface area contributed by atoms with Gasteiger partial charge >= 0.3 is 0 Å². The molecule has 5 nitrogen and oxygen atoms in total. The molecule has 1 aliphatic carbocycles. The molecule has 1 heterocycles. The van der Waals surface area contributed by atoms with Crippen LogP contribution in [0.5, 0.6) is 0 Å². The Morgan fingerprint density at radius 1 is 1.22 bits per heavy atom. The highest BCUT2D eigenvalue weighted by Gasteiger charge is 2.29. The third-order valence-corrected chi connectivity index (χ3v) is 4.21. The molecule has 6 heteroatoms. The van der Waals surface area contributed by atoms with Gasteiger partial charge in [0.05, 0.1) is 19.3 Å². The van der Waals surface area contributed by atoms with Crippen molar-refractivity contribution in [2.45, 2.75) is 31.5 Å². The van der Waals surface area contributed by atoms with E-state index in [2.05, 4.69) is 15.3 Å². The number of ether oxygens (including phenoxy) is 1. The molecule has 0 spiro atoms. The SMILES string of the molecule is OC1CC(c2cc(NCCOCc3ccc(Cl)cc3)ncn2)C1. The Hall–Kier alpha value is -1.69. The van der Waals surface area contributed by atoms with Crippen LogP contribution in [0.2, 0.25) is 5.02 Å². The molecule has 0 radical (unpaired) electrons. The van der Waals surface area contributed by atoms with E-state index in [1.54, 1.807) is 6.33 Å². The van der Waals surface area contributed by atoms with Crippen LogP contribution >= 0.6 is 11.6 Å². The van der Waals surface area contributed by atoms with Crippen LogP contribution < -0.4 is 5.32 Å². The van der Waals surface area contributed by atoms with Crippen LogP contribution in [0.4, 0.5) is 5.82 Å². The first-order valence-electron chi connectivity index (χ1n) is 7.77. The summed E-state index contributed by atoms with van der Waals surface area (Å²) in [6, 6.07) is 9.59. The summed E-state index contributed by atoms with van der Waals surface area (Å²) >= 11 is 5.84. The van der Waals surface area contributed by atoms with Gasteiger partial charge in [-0.2, -0.15) is 0 Å². The van der Waals surface area contributed by atoms with Gasteiger partial charge in [-0.05, 0) is 30.5 Å². The molecular weight excluding hydrogens is 314 g/mol. The van der Waals surface area contributed by atoms with Crippen molar-refractivity contribution in [3.63, 3.8) is 0 Å². The maximum Gasteiger partial charge on any atom is 0.129 e. The van der Waals surface area contributed by atoms with Gasteiger partial charge in [-0.15, -0.1) is 0 Å². The quantitative estimate of drug-likeness (QED) is 0.762. The molecule has 0 aliphatic heterocycles. The minimum absolute atomic E-state index is 0.173. The summed E-state index contributed by atoms with van der Waals surface area (Å²) in [6.45, 7) is 1.83. The predicted molar refractivity (Wildman–Crippen MR) is 89.6 cm³/mol. The second kappa shape index (κ2) is 7.73. The van der Waals surface area contributed by atoms with E-state index in [0.717, 1.165) is 34.9 Å². The average molecular weight is 334 g/mol. The van der Waals surface area contributed by atoms with E-state index in [1.165, 1.54) is 0 Å². The fourth-order valence-electron chi connectivity index (χ4n) is 2.54. The minimum atomic E-state index is -0.173. The van der Waals surface area contributed by atoms with Crippen molar-refractivity contribution in [2.24, 2.45) is 0 Å². The van der Waals surface area contributed by atoms with Gasteiger partial charge in [-0.1, -0.05) is 23.7 Å². The van der Waals surface area contributed by atoms with Gasteiger partial charge < -0.3 is 15.2 Å². The Labute approximate surface area is 140 Å². The molecule has 2 aromatic rings. The number of aliphatic hydroxyl groups excluding tert-OH is 1. The molecule has 122 valence electrons. The minimum Gasteiger partial charge on any atom is -0.393 e. The fourth-order valence-corrected chi connectivity index (χ4v) is 2.67. The molecule has 1 aliphatic rings. The lowest BCUT2D eigenvalue weighted by molar-refractivity contribution is 0.0732. The Morgan fingerprint density at radius 2 is 2.00 bits per heavy atom. The Bertz CT molecular complexity index is 630. The van der Waals surface area contributed by atoms with Crippen molar-refractivity contribution < 1.29 is 9.84 Å². The number of hydrogen-bond acceptors (Lipinski definition) is 5. The smallest absolute Gasteiger partial charge is 0.129 e. The second-order valence-corrected chi connectivity index (χ2v) is 6.19. The number of benzene rings is 1. The summed E-state index contributed by atoms with van der Waals surface area (Å²) in [5.74, 6) is 1.15. The van der Waals surface area contributed by atoms with Crippen molar-refractivity contribution in [3.8, 4) is 0 Å². The van der Waals surface area contributed by atoms with Crippen LogP contribution in [-0.4, -0.2) is 34.3 Å². The summed E-state index contributed by atoms with van der Waals surface area (Å²) in [4.78, 5) is 8.49. The van der Waals surface area contributed by atoms with E-state index < -0.39 is 0 Å². The van der Waals surface area contributed by atoms with Gasteiger partial charge in [-0.3, -0.25) is 0 Å². The van der Waals surface area contributed by atoms with Crippen LogP contribution in [-0.2, 0) is 11.3 Å². The molecule has 2 N–H and O–H groups in total. The number of nitrogens with one attached hydrogen (secondary N) is 1. The van der Waals surface area contributed by atoms with Gasteiger partial charge in [0.2, 0.25) is 0 Å². The molecular formula is C17H20ClN3O2. The van der Waals surface area contributed by atoms with Crippen molar-refractivity contribution >= 4 is 17.4 Å². The van der Waals surface area contributed by atoms with Gasteiger partial charge in [0, 0.05) is 29.2 Å². The second-order valence-electron chi connectivity index (χ2n) is 5.76. The number of aliphatic hydroxyl groups is 1. The van der Waals surface area contributed by atoms with Gasteiger partial charge in [0.15, 0.2) is 0 Å². The average Bonchev–Trinajstić information content (AvgIpc) is 2.54. The summed E-state index contributed by atoms with van der Waals surface area (Å²) in [5.41, 5.74) is 2.09. The van der Waals surface area contributed by atoms with Crippen molar-refractivity contribution in [1.82, 2.24) is 9.97 Å². The molecule has 0 atom stereocenters. The highest BCUT2D eigenvalue weighted by molar-refractivity contribution is 6.30. The predicted octanol–water partition coefficient (Wildman–Crippen LogP) is 3.00. The molecule has 1 aromatic heterocycles. The molecule has 0 amide bonds. The van der Waals surface area contributed by atoms with Gasteiger partial charge in [-0.25, -0.2) is 9.97 Å². The summed E-state index contributed by atoms with van der Waals surface area (Å²) in [5, 5.41) is 13.3. The van der Waals surface area contributed by atoms with E-state index in [0.29, 0.717) is 25.7 Å². The molecule has 0 bridgehead atoms. The number of aromatic nitrogens is 2. The molecule has 1 aromatic carbocycles. The highest BCUT2D eigenvalue weighted by atomic mass is 35.5. The van der Waals surface area contributed by atoms with E-state index in [-0.39, 0.29) is 6.10 Å². The van der Waals surface area contributed by atoms with Crippen LogP contribution in [0, 0.1) is 0 Å². The Kier molecular flexibility index (Phi) is 5.43. The zero-order chi connectivity index (χ0) is 16.1. The molecule has 23 heavy (non-hydrogen) atoms. The third-order valence-electron chi connectivity index (χ3n) is 3.95. The zero-order valence-electron chi connectivity index (χ0n) is 12.8. The molecule has 0 unspecified atom stereocenters. The summed E-state index contributed by atoms with van der Waals surface area (Å²) in [7, 11) is 0. The van der Waals surface area contributed by atoms with E-state index in [9.17, 15) is 5.11 Å². The zero-order valence-corrected chi connectivity index (χ0v) is 13.5. The summed E-state index contributed by atoms with van der Waals surface area (Å²) < 4.78 is 5.62. The maximum atomic E-state index is 9.38. The van der Waals surface area contributed by atoms with Crippen LogP contribution in [0.15, 0.2) is 36.7 Å². The largest absolute Gasteiger partial charge is 0.393 e. The number of anilines is 1. The first-order chi connectivity index (χ1) is 11.2. The van der Waals surface area contributed by atoms with Crippen LogP contribution in [0.3, 0.4) is 0 Å². The maximum absolute atomic E-state index is 9.38. The fraction of sp³-hybridized carbons (Fsp3) is 0.412. The van der Waals surface area contributed by atoms with E-state index >= 15 is 0 Å². The number of hydrogen-bond donors (Lipinski definition) is 2. The molecule has 0 saturated heterocycles. The lowest BCUT2D eigenvalue weighted by atomic mass is 9.80. The topological polar surface area (TPSA) is 67.3 Å². The van der Waals surface area contributed by atoms with Gasteiger partial charge in [0.25, 0.3) is 0 Å². The Morgan fingerprint density at radius 3 is 2.74 bits per heavy atom. The van der Waals surface area contributed by atoms with Crippen molar-refractivity contribution in [2.75, 3.05) is 18.5 Å². The molecule has 1 fully saturated rings. The number of halogens is 1. The van der Waals surface area contributed by atoms with Crippen LogP contribution in [0.1, 0.15) is 30.0 Å². The standard InChI is InChI=1S/C17H20ClN3O2/c18-14-3-1-12(2-4-14)10-23-6-5-19-17-9-16(20-11-21-17)13-7-15(22)8-13/h1-4,9,11,13,15,22H,5-8,10H2,(H,19,20,21). The van der Waals surface area contributed by atoms with Crippen molar-refractivity contribution in [1.29, 1.82) is 0 Å². The lowest BCUT2D eigenvalue weighted by Crippen LogP contribution is -2.27. The van der Waals surface area contributed by atoms with Crippen LogP contribution in [0.25, 0.3) is 0 Å². The first kappa shape index (κ1) is 16.2. The first-order valence-corrected chi connectivity index (χ1v) is 8.14. The van der Waals surface area contributed by atoms with Crippen molar-refractivity contribution in [3.05, 3.63) is 52.9 Å². The molecule has 3 rings (SSSR count). The highest BCUT2D eigenvalue weighted by Crippen LogP contribution is 2.35. The lowest BCUT2D eigenvalue weighted by Gasteiger charge is -2.30. The normalized spacial score (nSPS) is 20.1. The third kappa shape index (κ3) is 4.64.